The van der Waals surface area contributed by atoms with E-state index < -0.39 is 17.3 Å². The average molecular weight is 254 g/mol. The van der Waals surface area contributed by atoms with Crippen LogP contribution < -0.4 is 11.1 Å². The summed E-state index contributed by atoms with van der Waals surface area (Å²) < 4.78 is 13.1. The summed E-state index contributed by atoms with van der Waals surface area (Å²) in [5.74, 6) is -1.29. The lowest BCUT2D eigenvalue weighted by molar-refractivity contribution is 0.0896. The molecule has 0 fully saturated rings. The SMILES string of the molecule is CCC(C)(CCN)NC(=O)c1cc(F)ccc1O. The summed E-state index contributed by atoms with van der Waals surface area (Å²) >= 11 is 0. The van der Waals surface area contributed by atoms with Gasteiger partial charge in [-0.3, -0.25) is 4.79 Å². The number of aromatic hydroxyl groups is 1. The number of rotatable bonds is 5. The molecule has 0 bridgehead atoms. The van der Waals surface area contributed by atoms with Crippen molar-refractivity contribution >= 4 is 5.91 Å². The van der Waals surface area contributed by atoms with Gasteiger partial charge in [0.2, 0.25) is 0 Å². The monoisotopic (exact) mass is 254 g/mol. The molecule has 4 nitrogen and oxygen atoms in total. The number of phenolic OH excluding ortho intramolecular Hbond substituents is 1. The van der Waals surface area contributed by atoms with Gasteiger partial charge in [-0.25, -0.2) is 4.39 Å². The number of carbonyl (C=O) groups is 1. The predicted molar refractivity (Wildman–Crippen MR) is 67.9 cm³/mol. The lowest BCUT2D eigenvalue weighted by Crippen LogP contribution is -2.46. The van der Waals surface area contributed by atoms with E-state index in [4.69, 9.17) is 5.73 Å². The number of hydrogen-bond donors (Lipinski definition) is 3. The van der Waals surface area contributed by atoms with Crippen LogP contribution in [0.1, 0.15) is 37.0 Å². The standard InChI is InChI=1S/C13H19FN2O2/c1-3-13(2,6-7-15)16-12(18)10-8-9(14)4-5-11(10)17/h4-5,8,17H,3,6-7,15H2,1-2H3,(H,16,18). The van der Waals surface area contributed by atoms with E-state index >= 15 is 0 Å². The van der Waals surface area contributed by atoms with Crippen molar-refractivity contribution in [3.8, 4) is 5.75 Å². The molecule has 0 aliphatic heterocycles. The minimum absolute atomic E-state index is 0.0632. The van der Waals surface area contributed by atoms with Crippen LogP contribution in [0.5, 0.6) is 5.75 Å². The highest BCUT2D eigenvalue weighted by Gasteiger charge is 2.25. The van der Waals surface area contributed by atoms with Gasteiger partial charge in [-0.05, 0) is 44.5 Å². The Labute approximate surface area is 106 Å². The van der Waals surface area contributed by atoms with Gasteiger partial charge in [-0.2, -0.15) is 0 Å². The van der Waals surface area contributed by atoms with Crippen LogP contribution in [0.3, 0.4) is 0 Å². The number of nitrogens with two attached hydrogens (primary N) is 1. The Bertz CT molecular complexity index is 437. The summed E-state index contributed by atoms with van der Waals surface area (Å²) in [6.45, 7) is 4.25. The molecule has 100 valence electrons. The van der Waals surface area contributed by atoms with Gasteiger partial charge in [0.05, 0.1) is 5.56 Å². The molecule has 0 radical (unpaired) electrons. The molecule has 1 aromatic carbocycles. The molecule has 0 spiro atoms. The smallest absolute Gasteiger partial charge is 0.255 e. The van der Waals surface area contributed by atoms with Crippen LogP contribution in [-0.4, -0.2) is 23.1 Å². The zero-order valence-electron chi connectivity index (χ0n) is 10.7. The Balaban J connectivity index is 2.90. The zero-order chi connectivity index (χ0) is 13.8. The summed E-state index contributed by atoms with van der Waals surface area (Å²) in [4.78, 5) is 12.0. The summed E-state index contributed by atoms with van der Waals surface area (Å²) in [5.41, 5.74) is 4.98. The topological polar surface area (TPSA) is 75.3 Å². The fourth-order valence-corrected chi connectivity index (χ4v) is 1.68. The van der Waals surface area contributed by atoms with Crippen molar-refractivity contribution in [2.24, 2.45) is 5.73 Å². The van der Waals surface area contributed by atoms with Crippen molar-refractivity contribution in [1.82, 2.24) is 5.32 Å². The molecule has 0 aliphatic carbocycles. The maximum Gasteiger partial charge on any atom is 0.255 e. The normalized spacial score (nSPS) is 14.0. The van der Waals surface area contributed by atoms with Crippen molar-refractivity contribution in [1.29, 1.82) is 0 Å². The van der Waals surface area contributed by atoms with E-state index in [1.54, 1.807) is 0 Å². The van der Waals surface area contributed by atoms with E-state index in [2.05, 4.69) is 5.32 Å². The molecule has 1 rings (SSSR count). The second-order valence-corrected chi connectivity index (χ2v) is 4.57. The van der Waals surface area contributed by atoms with Crippen LogP contribution in [0, 0.1) is 5.82 Å². The van der Waals surface area contributed by atoms with Gasteiger partial charge in [-0.1, -0.05) is 6.92 Å². The number of phenols is 1. The Kier molecular flexibility index (Phi) is 4.67. The fourth-order valence-electron chi connectivity index (χ4n) is 1.68. The molecule has 0 saturated carbocycles. The zero-order valence-corrected chi connectivity index (χ0v) is 10.7. The van der Waals surface area contributed by atoms with E-state index in [1.165, 1.54) is 0 Å². The van der Waals surface area contributed by atoms with Gasteiger partial charge < -0.3 is 16.2 Å². The highest BCUT2D eigenvalue weighted by molar-refractivity contribution is 5.97. The molecule has 0 aliphatic rings. The highest BCUT2D eigenvalue weighted by Crippen LogP contribution is 2.20. The molecular weight excluding hydrogens is 235 g/mol. The van der Waals surface area contributed by atoms with Crippen LogP contribution >= 0.6 is 0 Å². The first-order chi connectivity index (χ1) is 8.41. The Morgan fingerprint density at radius 3 is 2.78 bits per heavy atom. The van der Waals surface area contributed by atoms with Gasteiger partial charge in [0.15, 0.2) is 0 Å². The molecule has 0 heterocycles. The summed E-state index contributed by atoms with van der Waals surface area (Å²) in [7, 11) is 0. The van der Waals surface area contributed by atoms with Crippen molar-refractivity contribution in [2.75, 3.05) is 6.54 Å². The maximum absolute atomic E-state index is 13.1. The van der Waals surface area contributed by atoms with E-state index in [-0.39, 0.29) is 11.3 Å². The molecule has 4 N–H and O–H groups in total. The van der Waals surface area contributed by atoms with Gasteiger partial charge in [-0.15, -0.1) is 0 Å². The number of amides is 1. The highest BCUT2D eigenvalue weighted by atomic mass is 19.1. The van der Waals surface area contributed by atoms with Crippen molar-refractivity contribution < 1.29 is 14.3 Å². The first kappa shape index (κ1) is 14.4. The molecular formula is C13H19FN2O2. The van der Waals surface area contributed by atoms with Gasteiger partial charge in [0.1, 0.15) is 11.6 Å². The largest absolute Gasteiger partial charge is 0.507 e. The quantitative estimate of drug-likeness (QED) is 0.749. The molecule has 1 atom stereocenters. The molecule has 1 amide bonds. The number of benzene rings is 1. The lowest BCUT2D eigenvalue weighted by atomic mass is 9.94. The average Bonchev–Trinajstić information content (AvgIpc) is 2.32. The number of halogens is 1. The molecule has 0 saturated heterocycles. The summed E-state index contributed by atoms with van der Waals surface area (Å²) in [6, 6.07) is 3.28. The number of hydrogen-bond acceptors (Lipinski definition) is 3. The van der Waals surface area contributed by atoms with Crippen molar-refractivity contribution in [3.05, 3.63) is 29.6 Å². The van der Waals surface area contributed by atoms with Gasteiger partial charge in [0.25, 0.3) is 5.91 Å². The predicted octanol–water partition coefficient (Wildman–Crippen LogP) is 1.78. The molecule has 1 aromatic rings. The minimum Gasteiger partial charge on any atom is -0.507 e. The van der Waals surface area contributed by atoms with Crippen LogP contribution in [0.15, 0.2) is 18.2 Å². The summed E-state index contributed by atoms with van der Waals surface area (Å²) in [6.07, 6.45) is 1.32. The second-order valence-electron chi connectivity index (χ2n) is 4.57. The first-order valence-corrected chi connectivity index (χ1v) is 5.93. The van der Waals surface area contributed by atoms with Crippen molar-refractivity contribution in [2.45, 2.75) is 32.2 Å². The Morgan fingerprint density at radius 1 is 1.56 bits per heavy atom. The molecule has 5 heteroatoms. The van der Waals surface area contributed by atoms with Crippen LogP contribution in [0.25, 0.3) is 0 Å². The number of carbonyl (C=O) groups excluding carboxylic acids is 1. The third-order valence-corrected chi connectivity index (χ3v) is 3.09. The Hall–Kier alpha value is -1.62. The van der Waals surface area contributed by atoms with Crippen LogP contribution in [0.2, 0.25) is 0 Å². The molecule has 0 aromatic heterocycles. The third kappa shape index (κ3) is 3.43. The summed E-state index contributed by atoms with van der Waals surface area (Å²) in [5, 5.41) is 12.3. The third-order valence-electron chi connectivity index (χ3n) is 3.09. The van der Waals surface area contributed by atoms with Gasteiger partial charge in [0, 0.05) is 5.54 Å². The number of nitrogens with one attached hydrogen (secondary N) is 1. The first-order valence-electron chi connectivity index (χ1n) is 5.93. The molecule has 18 heavy (non-hydrogen) atoms. The van der Waals surface area contributed by atoms with E-state index in [9.17, 15) is 14.3 Å². The van der Waals surface area contributed by atoms with E-state index in [1.807, 2.05) is 13.8 Å². The van der Waals surface area contributed by atoms with Crippen LogP contribution in [0.4, 0.5) is 4.39 Å². The lowest BCUT2D eigenvalue weighted by Gasteiger charge is -2.29. The minimum atomic E-state index is -0.560. The molecule has 1 unspecified atom stereocenters. The fraction of sp³-hybridized carbons (Fsp3) is 0.462. The Morgan fingerprint density at radius 2 is 2.22 bits per heavy atom. The maximum atomic E-state index is 13.1. The van der Waals surface area contributed by atoms with Gasteiger partial charge >= 0.3 is 0 Å². The van der Waals surface area contributed by atoms with Crippen LogP contribution in [-0.2, 0) is 0 Å². The van der Waals surface area contributed by atoms with E-state index in [0.29, 0.717) is 19.4 Å². The van der Waals surface area contributed by atoms with E-state index in [0.717, 1.165) is 18.2 Å². The second kappa shape index (κ2) is 5.82. The van der Waals surface area contributed by atoms with Crippen molar-refractivity contribution in [3.63, 3.8) is 0 Å².